The van der Waals surface area contributed by atoms with Crippen molar-refractivity contribution in [3.63, 3.8) is 0 Å². The summed E-state index contributed by atoms with van der Waals surface area (Å²) in [6.07, 6.45) is 4.15. The molecule has 0 unspecified atom stereocenters. The molecule has 31 heavy (non-hydrogen) atoms. The van der Waals surface area contributed by atoms with Gasteiger partial charge in [0.2, 0.25) is 0 Å². The number of aliphatic imine (C=N–C) groups is 1. The molecule has 4 rings (SSSR count). The van der Waals surface area contributed by atoms with Gasteiger partial charge in [-0.2, -0.15) is 0 Å². The Morgan fingerprint density at radius 3 is 2.48 bits per heavy atom. The number of hydrogen-bond acceptors (Lipinski definition) is 1. The van der Waals surface area contributed by atoms with Crippen molar-refractivity contribution in [1.29, 1.82) is 0 Å². The van der Waals surface area contributed by atoms with Gasteiger partial charge in [0.05, 0.1) is 5.52 Å². The molecule has 0 saturated heterocycles. The molecular formula is C27H26F2N2. The van der Waals surface area contributed by atoms with Crippen molar-refractivity contribution in [2.45, 2.75) is 33.1 Å². The fourth-order valence-electron chi connectivity index (χ4n) is 3.89. The van der Waals surface area contributed by atoms with E-state index in [1.165, 1.54) is 6.07 Å². The van der Waals surface area contributed by atoms with Gasteiger partial charge in [0.15, 0.2) is 0 Å². The maximum atomic E-state index is 14.2. The lowest BCUT2D eigenvalue weighted by molar-refractivity contribution is 0.626. The predicted molar refractivity (Wildman–Crippen MR) is 124 cm³/mol. The van der Waals surface area contributed by atoms with E-state index < -0.39 is 0 Å². The van der Waals surface area contributed by atoms with Crippen LogP contribution in [0.15, 0.2) is 71.9 Å². The number of nitrogens with zero attached hydrogens (tertiary/aromatic N) is 1. The maximum absolute atomic E-state index is 14.2. The molecule has 4 aromatic rings. The maximum Gasteiger partial charge on any atom is 0.147 e. The first-order valence-electron chi connectivity index (χ1n) is 10.7. The van der Waals surface area contributed by atoms with Crippen molar-refractivity contribution in [2.75, 3.05) is 6.54 Å². The van der Waals surface area contributed by atoms with Gasteiger partial charge in [0.25, 0.3) is 0 Å². The molecule has 158 valence electrons. The van der Waals surface area contributed by atoms with Crippen molar-refractivity contribution in [3.8, 4) is 0 Å². The van der Waals surface area contributed by atoms with Gasteiger partial charge >= 0.3 is 0 Å². The van der Waals surface area contributed by atoms with Gasteiger partial charge in [-0.15, -0.1) is 0 Å². The molecule has 0 amide bonds. The predicted octanol–water partition coefficient (Wildman–Crippen LogP) is 6.65. The van der Waals surface area contributed by atoms with Gasteiger partial charge in [-0.25, -0.2) is 8.78 Å². The van der Waals surface area contributed by atoms with Crippen molar-refractivity contribution in [2.24, 2.45) is 4.99 Å². The first-order valence-corrected chi connectivity index (χ1v) is 10.7. The van der Waals surface area contributed by atoms with Crippen LogP contribution in [-0.4, -0.2) is 17.2 Å². The summed E-state index contributed by atoms with van der Waals surface area (Å²) in [5, 5.41) is 0.950. The van der Waals surface area contributed by atoms with Crippen molar-refractivity contribution < 1.29 is 8.78 Å². The van der Waals surface area contributed by atoms with E-state index >= 15 is 0 Å². The number of H-pyrrole nitrogens is 1. The third-order valence-corrected chi connectivity index (χ3v) is 5.69. The standard InChI is InChI=1S/C27H26F2N2/c1-3-19-15-25-23(17-31-27(25)26(29)16-19)11-12-30-18(2)22-9-7-20(8-10-22)13-21-5-4-6-24(28)14-21/h4-10,14-17,31H,3,11-13H2,1-2H3. The average Bonchev–Trinajstić information content (AvgIpc) is 3.17. The van der Waals surface area contributed by atoms with Gasteiger partial charge in [-0.1, -0.05) is 43.3 Å². The van der Waals surface area contributed by atoms with Crippen LogP contribution in [0.2, 0.25) is 0 Å². The number of fused-ring (bicyclic) bond motifs is 1. The smallest absolute Gasteiger partial charge is 0.147 e. The van der Waals surface area contributed by atoms with E-state index in [0.717, 1.165) is 51.8 Å². The minimum Gasteiger partial charge on any atom is -0.359 e. The topological polar surface area (TPSA) is 28.1 Å². The molecule has 1 heterocycles. The first kappa shape index (κ1) is 21.0. The van der Waals surface area contributed by atoms with E-state index in [9.17, 15) is 8.78 Å². The number of aryl methyl sites for hydroxylation is 1. The zero-order valence-electron chi connectivity index (χ0n) is 17.9. The number of halogens is 2. The lowest BCUT2D eigenvalue weighted by Gasteiger charge is -2.06. The number of nitrogens with one attached hydrogen (secondary N) is 1. The minimum atomic E-state index is -0.207. The number of rotatable bonds is 7. The van der Waals surface area contributed by atoms with E-state index in [1.807, 2.05) is 26.1 Å². The molecule has 1 N–H and O–H groups in total. The van der Waals surface area contributed by atoms with Gasteiger partial charge < -0.3 is 4.98 Å². The molecule has 0 fully saturated rings. The molecule has 2 nitrogen and oxygen atoms in total. The lowest BCUT2D eigenvalue weighted by Crippen LogP contribution is -1.99. The van der Waals surface area contributed by atoms with Crippen LogP contribution in [0.5, 0.6) is 0 Å². The highest BCUT2D eigenvalue weighted by Gasteiger charge is 2.09. The summed E-state index contributed by atoms with van der Waals surface area (Å²) < 4.78 is 27.6. The Bertz CT molecular complexity index is 1220. The van der Waals surface area contributed by atoms with E-state index in [1.54, 1.807) is 18.2 Å². The highest BCUT2D eigenvalue weighted by atomic mass is 19.1. The summed E-state index contributed by atoms with van der Waals surface area (Å²) in [5.41, 5.74) is 6.80. The highest BCUT2D eigenvalue weighted by Crippen LogP contribution is 2.24. The third-order valence-electron chi connectivity index (χ3n) is 5.69. The molecule has 0 aliphatic rings. The van der Waals surface area contributed by atoms with Crippen LogP contribution in [0.3, 0.4) is 0 Å². The van der Waals surface area contributed by atoms with Crippen LogP contribution >= 0.6 is 0 Å². The van der Waals surface area contributed by atoms with Crippen LogP contribution in [0.1, 0.15) is 41.7 Å². The molecule has 0 aliphatic carbocycles. The second-order valence-electron chi connectivity index (χ2n) is 7.89. The molecule has 3 aromatic carbocycles. The van der Waals surface area contributed by atoms with E-state index in [2.05, 4.69) is 35.3 Å². The summed E-state index contributed by atoms with van der Waals surface area (Å²) in [6, 6.07) is 18.6. The van der Waals surface area contributed by atoms with Crippen molar-refractivity contribution in [1.82, 2.24) is 4.98 Å². The van der Waals surface area contributed by atoms with Crippen LogP contribution in [-0.2, 0) is 19.3 Å². The van der Waals surface area contributed by atoms with Crippen LogP contribution in [0, 0.1) is 11.6 Å². The highest BCUT2D eigenvalue weighted by molar-refractivity contribution is 5.98. The summed E-state index contributed by atoms with van der Waals surface area (Å²) in [6.45, 7) is 4.68. The normalized spacial score (nSPS) is 11.9. The van der Waals surface area contributed by atoms with Crippen molar-refractivity contribution >= 4 is 16.6 Å². The number of aromatic amines is 1. The number of benzene rings is 3. The first-order chi connectivity index (χ1) is 15.0. The van der Waals surface area contributed by atoms with Crippen LogP contribution in [0.4, 0.5) is 8.78 Å². The molecule has 1 aromatic heterocycles. The summed E-state index contributed by atoms with van der Waals surface area (Å²) >= 11 is 0. The Labute approximate surface area is 181 Å². The second kappa shape index (κ2) is 9.25. The fraction of sp³-hybridized carbons (Fsp3) is 0.222. The number of aromatic nitrogens is 1. The third kappa shape index (κ3) is 4.91. The quantitative estimate of drug-likeness (QED) is 0.327. The molecular weight excluding hydrogens is 390 g/mol. The average molecular weight is 417 g/mol. The Morgan fingerprint density at radius 2 is 1.74 bits per heavy atom. The van der Waals surface area contributed by atoms with Gasteiger partial charge in [-0.05, 0) is 78.3 Å². The largest absolute Gasteiger partial charge is 0.359 e. The molecule has 0 atom stereocenters. The second-order valence-corrected chi connectivity index (χ2v) is 7.89. The van der Waals surface area contributed by atoms with E-state index in [4.69, 9.17) is 4.99 Å². The monoisotopic (exact) mass is 416 g/mol. The molecule has 0 aliphatic heterocycles. The van der Waals surface area contributed by atoms with Crippen LogP contribution < -0.4 is 0 Å². The van der Waals surface area contributed by atoms with Crippen molar-refractivity contribution in [3.05, 3.63) is 106 Å². The van der Waals surface area contributed by atoms with E-state index in [0.29, 0.717) is 18.5 Å². The summed E-state index contributed by atoms with van der Waals surface area (Å²) in [7, 11) is 0. The SMILES string of the molecule is CCc1cc(F)c2[nH]cc(CCN=C(C)c3ccc(Cc4cccc(F)c4)cc3)c2c1. The zero-order valence-corrected chi connectivity index (χ0v) is 17.9. The minimum absolute atomic E-state index is 0.196. The summed E-state index contributed by atoms with van der Waals surface area (Å²) in [5.74, 6) is -0.403. The van der Waals surface area contributed by atoms with E-state index in [-0.39, 0.29) is 11.6 Å². The Hall–Kier alpha value is -3.27. The zero-order chi connectivity index (χ0) is 21.8. The number of hydrogen-bond donors (Lipinski definition) is 1. The molecule has 0 spiro atoms. The van der Waals surface area contributed by atoms with Crippen LogP contribution in [0.25, 0.3) is 10.9 Å². The van der Waals surface area contributed by atoms with Gasteiger partial charge in [0.1, 0.15) is 11.6 Å². The molecule has 4 heteroatoms. The van der Waals surface area contributed by atoms with Gasteiger partial charge in [0, 0.05) is 23.8 Å². The Morgan fingerprint density at radius 1 is 0.935 bits per heavy atom. The lowest BCUT2D eigenvalue weighted by atomic mass is 10.0. The van der Waals surface area contributed by atoms with Gasteiger partial charge in [-0.3, -0.25) is 4.99 Å². The molecule has 0 bridgehead atoms. The fourth-order valence-corrected chi connectivity index (χ4v) is 3.89. The Balaban J connectivity index is 1.42. The summed E-state index contributed by atoms with van der Waals surface area (Å²) in [4.78, 5) is 7.79. The Kier molecular flexibility index (Phi) is 6.26. The molecule has 0 saturated carbocycles. The molecule has 0 radical (unpaired) electrons.